The molecule has 0 radical (unpaired) electrons. The van der Waals surface area contributed by atoms with Crippen LogP contribution >= 0.6 is 0 Å². The van der Waals surface area contributed by atoms with Crippen molar-refractivity contribution in [1.82, 2.24) is 14.7 Å². The average Bonchev–Trinajstić information content (AvgIpc) is 2.78. The molecule has 4 rings (SSSR count). The summed E-state index contributed by atoms with van der Waals surface area (Å²) in [6.07, 6.45) is 3.04. The molecule has 4 aromatic rings. The molecule has 1 unspecified atom stereocenters. The molecule has 9 heteroatoms. The Kier molecular flexibility index (Phi) is 5.70. The second kappa shape index (κ2) is 8.58. The summed E-state index contributed by atoms with van der Waals surface area (Å²) in [6, 6.07) is 16.7. The Balaban J connectivity index is 1.68. The minimum absolute atomic E-state index is 0.154. The minimum Gasteiger partial charge on any atom is -0.322 e. The zero-order chi connectivity index (χ0) is 21.8. The number of nitrogens with zero attached hydrogens (tertiary/aromatic N) is 2. The summed E-state index contributed by atoms with van der Waals surface area (Å²) < 4.78 is 41.3. The van der Waals surface area contributed by atoms with Crippen LogP contribution in [0.15, 0.2) is 90.1 Å². The lowest BCUT2D eigenvalue weighted by Gasteiger charge is -2.19. The van der Waals surface area contributed by atoms with Gasteiger partial charge in [0.25, 0.3) is 0 Å². The Hall–Kier alpha value is -3.69. The molecule has 156 valence electrons. The molecule has 1 heterocycles. The van der Waals surface area contributed by atoms with E-state index in [1.165, 1.54) is 12.4 Å². The van der Waals surface area contributed by atoms with Gasteiger partial charge in [-0.2, -0.15) is 4.72 Å². The fraction of sp³-hybridized carbons (Fsp3) is 0.0455. The molecule has 7 nitrogen and oxygen atoms in total. The Morgan fingerprint density at radius 2 is 1.58 bits per heavy atom. The van der Waals surface area contributed by atoms with Gasteiger partial charge in [0.15, 0.2) is 0 Å². The molecule has 31 heavy (non-hydrogen) atoms. The number of para-hydroxylation sites is 1. The van der Waals surface area contributed by atoms with Gasteiger partial charge in [0, 0.05) is 12.4 Å². The molecule has 1 atom stereocenters. The number of carbonyl (C=O) groups excluding carboxylic acids is 1. The van der Waals surface area contributed by atoms with Crippen molar-refractivity contribution < 1.29 is 17.6 Å². The number of sulfonamides is 1. The minimum atomic E-state index is -4.11. The molecule has 0 fully saturated rings. The Labute approximate surface area is 178 Å². The summed E-state index contributed by atoms with van der Waals surface area (Å²) in [5.41, 5.74) is 1.91. The molecule has 0 aliphatic rings. The van der Waals surface area contributed by atoms with Crippen LogP contribution in [0.25, 0.3) is 11.0 Å². The van der Waals surface area contributed by atoms with Crippen LogP contribution in [0, 0.1) is 5.82 Å². The number of rotatable bonds is 6. The smallest absolute Gasteiger partial charge is 0.247 e. The summed E-state index contributed by atoms with van der Waals surface area (Å²) in [5, 5.41) is 2.74. The van der Waals surface area contributed by atoms with Crippen LogP contribution in [-0.4, -0.2) is 24.3 Å². The van der Waals surface area contributed by atoms with Crippen LogP contribution in [0.5, 0.6) is 0 Å². The maximum absolute atomic E-state index is 13.2. The third kappa shape index (κ3) is 4.57. The zero-order valence-electron chi connectivity index (χ0n) is 16.1. The molecule has 0 bridgehead atoms. The van der Waals surface area contributed by atoms with Crippen molar-refractivity contribution in [2.45, 2.75) is 10.9 Å². The highest BCUT2D eigenvalue weighted by molar-refractivity contribution is 7.89. The summed E-state index contributed by atoms with van der Waals surface area (Å²) in [5.74, 6) is -1.16. The van der Waals surface area contributed by atoms with Crippen LogP contribution in [0.1, 0.15) is 11.6 Å². The number of halogens is 1. The predicted octanol–water partition coefficient (Wildman–Crippen LogP) is 3.43. The lowest BCUT2D eigenvalue weighted by atomic mass is 10.1. The number of hydrogen-bond donors (Lipinski definition) is 2. The van der Waals surface area contributed by atoms with Crippen molar-refractivity contribution in [3.8, 4) is 0 Å². The topological polar surface area (TPSA) is 101 Å². The molecular formula is C22H17FN4O3S. The van der Waals surface area contributed by atoms with Crippen molar-refractivity contribution in [2.24, 2.45) is 0 Å². The van der Waals surface area contributed by atoms with Gasteiger partial charge in [0.1, 0.15) is 17.4 Å². The van der Waals surface area contributed by atoms with E-state index >= 15 is 0 Å². The number of aromatic nitrogens is 2. The third-order valence-electron chi connectivity index (χ3n) is 4.55. The van der Waals surface area contributed by atoms with E-state index < -0.39 is 27.8 Å². The summed E-state index contributed by atoms with van der Waals surface area (Å²) in [6.45, 7) is 0. The van der Waals surface area contributed by atoms with Crippen LogP contribution < -0.4 is 10.0 Å². The molecule has 3 aromatic carbocycles. The number of hydrogen-bond acceptors (Lipinski definition) is 5. The van der Waals surface area contributed by atoms with Crippen molar-refractivity contribution in [3.05, 3.63) is 96.6 Å². The first-order valence-corrected chi connectivity index (χ1v) is 10.8. The van der Waals surface area contributed by atoms with Gasteiger partial charge in [-0.05, 0) is 42.0 Å². The Morgan fingerprint density at radius 1 is 0.871 bits per heavy atom. The van der Waals surface area contributed by atoms with Crippen molar-refractivity contribution >= 4 is 32.7 Å². The molecule has 0 saturated carbocycles. The van der Waals surface area contributed by atoms with Gasteiger partial charge in [-0.25, -0.2) is 12.8 Å². The lowest BCUT2D eigenvalue weighted by molar-refractivity contribution is -0.117. The van der Waals surface area contributed by atoms with Gasteiger partial charge in [-0.15, -0.1) is 0 Å². The first-order valence-electron chi connectivity index (χ1n) is 9.27. The Bertz CT molecular complexity index is 1320. The quantitative estimate of drug-likeness (QED) is 0.482. The molecule has 1 amide bonds. The first-order chi connectivity index (χ1) is 14.9. The molecule has 0 spiro atoms. The number of amides is 1. The van der Waals surface area contributed by atoms with Gasteiger partial charge in [-0.1, -0.05) is 36.4 Å². The number of fused-ring (bicyclic) bond motifs is 1. The van der Waals surface area contributed by atoms with Gasteiger partial charge in [0.05, 0.1) is 16.1 Å². The molecule has 0 aliphatic heterocycles. The van der Waals surface area contributed by atoms with E-state index in [1.54, 1.807) is 48.5 Å². The molecule has 0 saturated heterocycles. The van der Waals surface area contributed by atoms with E-state index in [1.807, 2.05) is 0 Å². The van der Waals surface area contributed by atoms with E-state index in [2.05, 4.69) is 20.0 Å². The largest absolute Gasteiger partial charge is 0.322 e. The van der Waals surface area contributed by atoms with Crippen molar-refractivity contribution in [1.29, 1.82) is 0 Å². The normalized spacial score (nSPS) is 12.4. The third-order valence-corrected chi connectivity index (χ3v) is 5.99. The van der Waals surface area contributed by atoms with Gasteiger partial charge >= 0.3 is 0 Å². The van der Waals surface area contributed by atoms with E-state index in [0.717, 1.165) is 24.3 Å². The number of benzene rings is 3. The van der Waals surface area contributed by atoms with Crippen LogP contribution in [-0.2, 0) is 14.8 Å². The maximum atomic E-state index is 13.2. The van der Waals surface area contributed by atoms with E-state index in [-0.39, 0.29) is 4.90 Å². The van der Waals surface area contributed by atoms with Gasteiger partial charge in [0.2, 0.25) is 15.9 Å². The Morgan fingerprint density at radius 3 is 2.32 bits per heavy atom. The molecule has 2 N–H and O–H groups in total. The van der Waals surface area contributed by atoms with E-state index in [9.17, 15) is 17.6 Å². The molecular weight excluding hydrogens is 419 g/mol. The second-order valence-electron chi connectivity index (χ2n) is 6.64. The maximum Gasteiger partial charge on any atom is 0.247 e. The summed E-state index contributed by atoms with van der Waals surface area (Å²) >= 11 is 0. The lowest BCUT2D eigenvalue weighted by Crippen LogP contribution is -2.37. The number of nitrogens with one attached hydrogen (secondary N) is 2. The van der Waals surface area contributed by atoms with Crippen LogP contribution in [0.2, 0.25) is 0 Å². The highest BCUT2D eigenvalue weighted by Crippen LogP contribution is 2.23. The molecule has 1 aromatic heterocycles. The van der Waals surface area contributed by atoms with E-state index in [4.69, 9.17) is 0 Å². The van der Waals surface area contributed by atoms with Crippen molar-refractivity contribution in [2.75, 3.05) is 5.32 Å². The summed E-state index contributed by atoms with van der Waals surface area (Å²) in [7, 11) is -4.11. The monoisotopic (exact) mass is 436 g/mol. The van der Waals surface area contributed by atoms with Gasteiger partial charge in [-0.3, -0.25) is 14.8 Å². The highest BCUT2D eigenvalue weighted by Gasteiger charge is 2.28. The highest BCUT2D eigenvalue weighted by atomic mass is 32.2. The standard InChI is InChI=1S/C22H17FN4O3S/c23-16-9-11-17(12-10-16)31(29,30)27-20(15-5-2-1-3-6-15)22(28)26-19-8-4-7-18-21(19)25-14-13-24-18/h1-14,20,27H,(H,26,28). The molecule has 0 aliphatic carbocycles. The SMILES string of the molecule is O=C(Nc1cccc2nccnc12)C(NS(=O)(=O)c1ccc(F)cc1)c1ccccc1. The average molecular weight is 436 g/mol. The zero-order valence-corrected chi connectivity index (χ0v) is 16.9. The second-order valence-corrected chi connectivity index (χ2v) is 8.35. The van der Waals surface area contributed by atoms with E-state index in [0.29, 0.717) is 22.3 Å². The first kappa shape index (κ1) is 20.6. The number of carbonyl (C=O) groups is 1. The predicted molar refractivity (Wildman–Crippen MR) is 114 cm³/mol. The number of anilines is 1. The van der Waals surface area contributed by atoms with Crippen LogP contribution in [0.3, 0.4) is 0 Å². The van der Waals surface area contributed by atoms with Gasteiger partial charge < -0.3 is 5.32 Å². The summed E-state index contributed by atoms with van der Waals surface area (Å²) in [4.78, 5) is 21.5. The van der Waals surface area contributed by atoms with Crippen molar-refractivity contribution in [3.63, 3.8) is 0 Å². The fourth-order valence-corrected chi connectivity index (χ4v) is 4.24. The fourth-order valence-electron chi connectivity index (χ4n) is 3.05. The van der Waals surface area contributed by atoms with Crippen LogP contribution in [0.4, 0.5) is 10.1 Å².